The van der Waals surface area contributed by atoms with E-state index >= 15 is 0 Å². The molecular formula is C27H33NO7. The van der Waals surface area contributed by atoms with E-state index in [1.54, 1.807) is 36.4 Å². The monoisotopic (exact) mass is 483 g/mol. The zero-order valence-corrected chi connectivity index (χ0v) is 20.9. The first kappa shape index (κ1) is 25.9. The number of amides is 1. The number of ketones is 1. The molecule has 0 spiro atoms. The molecule has 2 aromatic rings. The third-order valence-electron chi connectivity index (χ3n) is 5.83. The maximum absolute atomic E-state index is 13.3. The Morgan fingerprint density at radius 1 is 0.914 bits per heavy atom. The van der Waals surface area contributed by atoms with Gasteiger partial charge in [0.1, 0.15) is 17.3 Å². The van der Waals surface area contributed by atoms with E-state index < -0.39 is 17.7 Å². The van der Waals surface area contributed by atoms with Crippen LogP contribution in [0, 0.1) is 0 Å². The Morgan fingerprint density at radius 3 is 2.26 bits per heavy atom. The van der Waals surface area contributed by atoms with Crippen LogP contribution < -0.4 is 18.9 Å². The van der Waals surface area contributed by atoms with Gasteiger partial charge in [0, 0.05) is 12.6 Å². The lowest BCUT2D eigenvalue weighted by atomic mass is 9.94. The van der Waals surface area contributed by atoms with Crippen LogP contribution in [0.2, 0.25) is 0 Å². The minimum atomic E-state index is -0.789. The van der Waals surface area contributed by atoms with E-state index in [1.165, 1.54) is 19.1 Å². The second-order valence-corrected chi connectivity index (χ2v) is 7.98. The molecule has 0 radical (unpaired) electrons. The van der Waals surface area contributed by atoms with Gasteiger partial charge in [-0.15, -0.1) is 0 Å². The Labute approximate surface area is 206 Å². The van der Waals surface area contributed by atoms with Crippen molar-refractivity contribution in [1.82, 2.24) is 4.90 Å². The molecule has 1 unspecified atom stereocenters. The topological polar surface area (TPSA) is 94.5 Å². The van der Waals surface area contributed by atoms with Crippen LogP contribution in [-0.2, 0) is 9.59 Å². The van der Waals surface area contributed by atoms with Gasteiger partial charge in [-0.25, -0.2) is 0 Å². The number of methoxy groups -OCH3 is 2. The fourth-order valence-electron chi connectivity index (χ4n) is 4.18. The second kappa shape index (κ2) is 11.6. The molecule has 1 heterocycles. The van der Waals surface area contributed by atoms with Crippen molar-refractivity contribution in [3.8, 4) is 23.0 Å². The molecule has 0 bridgehead atoms. The molecule has 0 aromatic heterocycles. The van der Waals surface area contributed by atoms with Crippen molar-refractivity contribution in [1.29, 1.82) is 0 Å². The molecule has 0 aliphatic carbocycles. The summed E-state index contributed by atoms with van der Waals surface area (Å²) in [6, 6.07) is 9.42. The summed E-state index contributed by atoms with van der Waals surface area (Å²) in [4.78, 5) is 27.9. The van der Waals surface area contributed by atoms with Crippen molar-refractivity contribution >= 4 is 17.4 Å². The molecular weight excluding hydrogens is 450 g/mol. The normalized spacial score (nSPS) is 16.9. The SMILES string of the molecule is CCCCN1C(=O)C(=O)/C(=C(/O)c2ccc(OCC)cc2OCC)C1c1ccc(OC)c(OC)c1. The highest BCUT2D eigenvalue weighted by Gasteiger charge is 2.46. The van der Waals surface area contributed by atoms with Crippen LogP contribution in [0.1, 0.15) is 50.8 Å². The third kappa shape index (κ3) is 5.21. The number of carbonyl (C=O) groups excluding carboxylic acids is 2. The molecule has 2 aromatic carbocycles. The summed E-state index contributed by atoms with van der Waals surface area (Å²) in [7, 11) is 3.05. The number of ether oxygens (including phenoxy) is 4. The van der Waals surface area contributed by atoms with Crippen molar-refractivity contribution in [3.63, 3.8) is 0 Å². The largest absolute Gasteiger partial charge is 0.507 e. The van der Waals surface area contributed by atoms with Gasteiger partial charge in [0.2, 0.25) is 0 Å². The number of nitrogens with zero attached hydrogens (tertiary/aromatic N) is 1. The van der Waals surface area contributed by atoms with Crippen LogP contribution in [0.5, 0.6) is 23.0 Å². The van der Waals surface area contributed by atoms with Crippen LogP contribution in [-0.4, -0.2) is 55.7 Å². The lowest BCUT2D eigenvalue weighted by Gasteiger charge is -2.26. The second-order valence-electron chi connectivity index (χ2n) is 7.98. The summed E-state index contributed by atoms with van der Waals surface area (Å²) in [5.41, 5.74) is 0.945. The first-order valence-corrected chi connectivity index (χ1v) is 11.8. The fraction of sp³-hybridized carbons (Fsp3) is 0.407. The van der Waals surface area contributed by atoms with Gasteiger partial charge in [0.15, 0.2) is 11.5 Å². The summed E-state index contributed by atoms with van der Waals surface area (Å²) >= 11 is 0. The highest BCUT2D eigenvalue weighted by Crippen LogP contribution is 2.43. The van der Waals surface area contributed by atoms with Gasteiger partial charge in [0.25, 0.3) is 11.7 Å². The number of rotatable bonds is 11. The van der Waals surface area contributed by atoms with E-state index in [0.717, 1.165) is 6.42 Å². The maximum atomic E-state index is 13.3. The molecule has 188 valence electrons. The van der Waals surface area contributed by atoms with Crippen LogP contribution in [0.15, 0.2) is 42.0 Å². The van der Waals surface area contributed by atoms with E-state index in [1.807, 2.05) is 20.8 Å². The highest BCUT2D eigenvalue weighted by atomic mass is 16.5. The predicted octanol–water partition coefficient (Wildman–Crippen LogP) is 4.72. The molecule has 35 heavy (non-hydrogen) atoms. The third-order valence-corrected chi connectivity index (χ3v) is 5.83. The molecule has 8 nitrogen and oxygen atoms in total. The van der Waals surface area contributed by atoms with Crippen molar-refractivity contribution in [2.45, 2.75) is 39.7 Å². The maximum Gasteiger partial charge on any atom is 0.295 e. The Hall–Kier alpha value is -3.68. The van der Waals surface area contributed by atoms with Crippen molar-refractivity contribution < 1.29 is 33.6 Å². The van der Waals surface area contributed by atoms with Gasteiger partial charge in [-0.2, -0.15) is 0 Å². The number of aliphatic hydroxyl groups is 1. The average Bonchev–Trinajstić information content (AvgIpc) is 3.12. The van der Waals surface area contributed by atoms with Crippen molar-refractivity contribution in [2.24, 2.45) is 0 Å². The lowest BCUT2D eigenvalue weighted by molar-refractivity contribution is -0.139. The molecule has 1 atom stereocenters. The van der Waals surface area contributed by atoms with Crippen LogP contribution in [0.4, 0.5) is 0 Å². The zero-order valence-electron chi connectivity index (χ0n) is 20.9. The van der Waals surface area contributed by atoms with Gasteiger partial charge in [-0.05, 0) is 50.1 Å². The van der Waals surface area contributed by atoms with Crippen LogP contribution in [0.25, 0.3) is 5.76 Å². The van der Waals surface area contributed by atoms with Crippen molar-refractivity contribution in [2.75, 3.05) is 34.0 Å². The van der Waals surface area contributed by atoms with E-state index in [9.17, 15) is 14.7 Å². The van der Waals surface area contributed by atoms with E-state index in [2.05, 4.69) is 0 Å². The van der Waals surface area contributed by atoms with E-state index in [4.69, 9.17) is 18.9 Å². The lowest BCUT2D eigenvalue weighted by Crippen LogP contribution is -2.30. The molecule has 1 N–H and O–H groups in total. The van der Waals surface area contributed by atoms with Gasteiger partial charge in [0.05, 0.1) is 44.6 Å². The number of likely N-dealkylation sites (tertiary alicyclic amines) is 1. The molecule has 0 saturated carbocycles. The average molecular weight is 484 g/mol. The standard InChI is InChI=1S/C27H33NO7/c1-6-9-14-28-24(17-10-13-20(32-4)22(15-17)33-5)23(26(30)27(28)31)25(29)19-12-11-18(34-7-2)16-21(19)35-8-3/h10-13,15-16,24,29H,6-9,14H2,1-5H3/b25-23+. The van der Waals surface area contributed by atoms with E-state index in [0.29, 0.717) is 60.3 Å². The van der Waals surface area contributed by atoms with Gasteiger partial charge in [-0.1, -0.05) is 19.4 Å². The Morgan fingerprint density at radius 2 is 1.63 bits per heavy atom. The number of hydrogen-bond donors (Lipinski definition) is 1. The first-order chi connectivity index (χ1) is 16.9. The summed E-state index contributed by atoms with van der Waals surface area (Å²) in [6.45, 7) is 6.90. The predicted molar refractivity (Wildman–Crippen MR) is 132 cm³/mol. The summed E-state index contributed by atoms with van der Waals surface area (Å²) in [5.74, 6) is 0.232. The Balaban J connectivity index is 2.22. The minimum Gasteiger partial charge on any atom is -0.507 e. The van der Waals surface area contributed by atoms with Gasteiger partial charge < -0.3 is 29.0 Å². The minimum absolute atomic E-state index is 0.00318. The number of aliphatic hydroxyl groups excluding tert-OH is 1. The number of unbranched alkanes of at least 4 members (excludes halogenated alkanes) is 1. The van der Waals surface area contributed by atoms with Gasteiger partial charge >= 0.3 is 0 Å². The molecule has 1 saturated heterocycles. The number of Topliss-reactive ketones (excluding diaryl/α,β-unsaturated/α-hetero) is 1. The van der Waals surface area contributed by atoms with Crippen molar-refractivity contribution in [3.05, 3.63) is 53.1 Å². The summed E-state index contributed by atoms with van der Waals surface area (Å²) < 4.78 is 22.1. The summed E-state index contributed by atoms with van der Waals surface area (Å²) in [6.07, 6.45) is 1.55. The molecule has 1 fully saturated rings. The van der Waals surface area contributed by atoms with Crippen LogP contribution in [0.3, 0.4) is 0 Å². The molecule has 3 rings (SSSR count). The Kier molecular flexibility index (Phi) is 8.63. The Bertz CT molecular complexity index is 1110. The number of benzene rings is 2. The summed E-state index contributed by atoms with van der Waals surface area (Å²) in [5, 5.41) is 11.4. The van der Waals surface area contributed by atoms with E-state index in [-0.39, 0.29) is 11.3 Å². The quantitative estimate of drug-likeness (QED) is 0.281. The van der Waals surface area contributed by atoms with Crippen LogP contribution >= 0.6 is 0 Å². The van der Waals surface area contributed by atoms with Gasteiger partial charge in [-0.3, -0.25) is 9.59 Å². The zero-order chi connectivity index (χ0) is 25.5. The molecule has 1 amide bonds. The fourth-order valence-corrected chi connectivity index (χ4v) is 4.18. The highest BCUT2D eigenvalue weighted by molar-refractivity contribution is 6.46. The number of carbonyl (C=O) groups is 2. The smallest absolute Gasteiger partial charge is 0.295 e. The molecule has 1 aliphatic heterocycles. The first-order valence-electron chi connectivity index (χ1n) is 11.8. The molecule has 8 heteroatoms. The molecule has 1 aliphatic rings. The number of hydrogen-bond acceptors (Lipinski definition) is 7.